The normalized spacial score (nSPS) is 22.0. The van der Waals surface area contributed by atoms with Crippen LogP contribution in [0, 0.1) is 0 Å². The molecule has 3 aliphatic rings. The van der Waals surface area contributed by atoms with Gasteiger partial charge in [0, 0.05) is 30.6 Å². The number of hydrogen-bond acceptors (Lipinski definition) is 7. The van der Waals surface area contributed by atoms with Gasteiger partial charge in [0.1, 0.15) is 23.7 Å². The van der Waals surface area contributed by atoms with E-state index >= 15 is 0 Å². The number of thioether (sulfide) groups is 1. The maximum absolute atomic E-state index is 13.2. The lowest BCUT2D eigenvalue weighted by Gasteiger charge is -2.49. The second kappa shape index (κ2) is 9.37. The van der Waals surface area contributed by atoms with Crippen LogP contribution in [0.15, 0.2) is 11.3 Å². The first-order valence-electron chi connectivity index (χ1n) is 10.6. The summed E-state index contributed by atoms with van der Waals surface area (Å²) >= 11 is 7.13. The van der Waals surface area contributed by atoms with Gasteiger partial charge in [0.2, 0.25) is 5.91 Å². The van der Waals surface area contributed by atoms with E-state index in [4.69, 9.17) is 16.3 Å². The van der Waals surface area contributed by atoms with Crippen LogP contribution in [-0.4, -0.2) is 67.3 Å². The molecule has 35 heavy (non-hydrogen) atoms. The molecule has 0 radical (unpaired) electrons. The molecule has 2 N–H and O–H groups in total. The lowest BCUT2D eigenvalue weighted by Crippen LogP contribution is -2.70. The molecule has 15 heteroatoms. The Morgan fingerprint density at radius 1 is 1.31 bits per heavy atom. The number of amides is 2. The van der Waals surface area contributed by atoms with Gasteiger partial charge < -0.3 is 15.2 Å². The summed E-state index contributed by atoms with van der Waals surface area (Å²) in [4.78, 5) is 49.0. The van der Waals surface area contributed by atoms with E-state index in [9.17, 15) is 37.5 Å². The standard InChI is InChI=1S/C20H20ClF3N4O6S/c1-8(29)34-6-10-7-35-18-13(17(31)28(18)15(10)19(32)33)25-11(30)4-5-27-14(9-2-3-9)12(21)16(26-27)20(22,23)24/h9,13,18H,2-7H2,1H3,(H,25,30)(H,32,33). The van der Waals surface area contributed by atoms with Crippen molar-refractivity contribution in [1.29, 1.82) is 0 Å². The maximum Gasteiger partial charge on any atom is 0.436 e. The number of nitrogens with one attached hydrogen (secondary N) is 1. The number of ether oxygens (including phenoxy) is 1. The Balaban J connectivity index is 1.41. The van der Waals surface area contributed by atoms with Gasteiger partial charge in [-0.25, -0.2) is 4.79 Å². The van der Waals surface area contributed by atoms with Crippen LogP contribution in [0.4, 0.5) is 13.2 Å². The van der Waals surface area contributed by atoms with Crippen LogP contribution in [-0.2, 0) is 36.6 Å². The number of aliphatic carboxylic acids is 1. The number of aryl methyl sites for hydroxylation is 1. The average molecular weight is 537 g/mol. The number of alkyl halides is 3. The quantitative estimate of drug-likeness (QED) is 0.382. The van der Waals surface area contributed by atoms with Crippen molar-refractivity contribution in [2.75, 3.05) is 12.4 Å². The Morgan fingerprint density at radius 3 is 2.57 bits per heavy atom. The van der Waals surface area contributed by atoms with Gasteiger partial charge in [0.15, 0.2) is 5.69 Å². The van der Waals surface area contributed by atoms with Crippen molar-refractivity contribution in [3.05, 3.63) is 27.7 Å². The summed E-state index contributed by atoms with van der Waals surface area (Å²) in [6.45, 7) is 0.741. The van der Waals surface area contributed by atoms with Crippen LogP contribution in [0.1, 0.15) is 43.5 Å². The van der Waals surface area contributed by atoms with Gasteiger partial charge in [-0.3, -0.25) is 24.0 Å². The van der Waals surface area contributed by atoms with Crippen molar-refractivity contribution < 1.29 is 42.2 Å². The molecule has 2 amide bonds. The Labute approximate surface area is 205 Å². The van der Waals surface area contributed by atoms with Crippen molar-refractivity contribution in [1.82, 2.24) is 20.0 Å². The van der Waals surface area contributed by atoms with E-state index in [0.717, 1.165) is 9.58 Å². The third-order valence-corrected chi connectivity index (χ3v) is 7.44. The van der Waals surface area contributed by atoms with E-state index in [2.05, 4.69) is 10.4 Å². The third kappa shape index (κ3) is 4.99. The Kier molecular flexibility index (Phi) is 6.79. The molecular formula is C20H20ClF3N4O6S. The van der Waals surface area contributed by atoms with Crippen LogP contribution >= 0.6 is 23.4 Å². The largest absolute Gasteiger partial charge is 0.477 e. The van der Waals surface area contributed by atoms with Crippen LogP contribution in [0.2, 0.25) is 5.02 Å². The molecule has 2 fully saturated rings. The molecule has 0 spiro atoms. The number of carboxylic acids is 1. The summed E-state index contributed by atoms with van der Waals surface area (Å²) in [5.74, 6) is -3.17. The molecule has 4 rings (SSSR count). The predicted molar refractivity (Wildman–Crippen MR) is 115 cm³/mol. The highest BCUT2D eigenvalue weighted by Gasteiger charge is 2.54. The van der Waals surface area contributed by atoms with Crippen molar-refractivity contribution in [3.8, 4) is 0 Å². The average Bonchev–Trinajstić information content (AvgIpc) is 3.55. The highest BCUT2D eigenvalue weighted by atomic mass is 35.5. The van der Waals surface area contributed by atoms with Gasteiger partial charge in [-0.05, 0) is 12.8 Å². The molecular weight excluding hydrogens is 517 g/mol. The number of esters is 1. The van der Waals surface area contributed by atoms with E-state index in [-0.39, 0.29) is 48.2 Å². The van der Waals surface area contributed by atoms with Crippen LogP contribution < -0.4 is 5.32 Å². The summed E-state index contributed by atoms with van der Waals surface area (Å²) < 4.78 is 45.6. The fraction of sp³-hybridized carbons (Fsp3) is 0.550. The fourth-order valence-corrected chi connectivity index (χ4v) is 5.71. The number of carbonyl (C=O) groups is 4. The van der Waals surface area contributed by atoms with Crippen molar-refractivity contribution in [3.63, 3.8) is 0 Å². The second-order valence-corrected chi connectivity index (χ2v) is 9.77. The van der Waals surface area contributed by atoms with E-state index in [1.54, 1.807) is 0 Å². The first-order chi connectivity index (χ1) is 16.4. The molecule has 0 aromatic carbocycles. The molecule has 1 aliphatic carbocycles. The summed E-state index contributed by atoms with van der Waals surface area (Å²) in [7, 11) is 0. The first kappa shape index (κ1) is 25.4. The summed E-state index contributed by atoms with van der Waals surface area (Å²) in [5, 5.41) is 14.5. The van der Waals surface area contributed by atoms with E-state index in [0.29, 0.717) is 12.8 Å². The molecule has 1 saturated heterocycles. The molecule has 0 bridgehead atoms. The maximum atomic E-state index is 13.2. The van der Waals surface area contributed by atoms with Gasteiger partial charge in [-0.1, -0.05) is 11.6 Å². The minimum absolute atomic E-state index is 0.142. The highest BCUT2D eigenvalue weighted by molar-refractivity contribution is 8.00. The zero-order valence-corrected chi connectivity index (χ0v) is 19.8. The van der Waals surface area contributed by atoms with Crippen LogP contribution in [0.5, 0.6) is 0 Å². The minimum atomic E-state index is -4.72. The topological polar surface area (TPSA) is 131 Å². The minimum Gasteiger partial charge on any atom is -0.477 e. The molecule has 1 aromatic rings. The Hall–Kier alpha value is -2.74. The van der Waals surface area contributed by atoms with Gasteiger partial charge >= 0.3 is 18.1 Å². The lowest BCUT2D eigenvalue weighted by molar-refractivity contribution is -0.151. The smallest absolute Gasteiger partial charge is 0.436 e. The molecule has 1 saturated carbocycles. The monoisotopic (exact) mass is 536 g/mol. The molecule has 2 aliphatic heterocycles. The number of carboxylic acid groups (broad SMARTS) is 1. The Bertz CT molecular complexity index is 1130. The summed E-state index contributed by atoms with van der Waals surface area (Å²) in [6, 6.07) is -0.994. The zero-order chi connectivity index (χ0) is 25.7. The molecule has 2 atom stereocenters. The predicted octanol–water partition coefficient (Wildman–Crippen LogP) is 2.12. The third-order valence-electron chi connectivity index (χ3n) is 5.73. The van der Waals surface area contributed by atoms with E-state index in [1.165, 1.54) is 18.7 Å². The zero-order valence-electron chi connectivity index (χ0n) is 18.2. The number of hydrogen-bond donors (Lipinski definition) is 2. The van der Waals surface area contributed by atoms with Gasteiger partial charge in [0.05, 0.1) is 17.3 Å². The molecule has 10 nitrogen and oxygen atoms in total. The SMILES string of the molecule is CC(=O)OCC1=C(C(=O)O)N2C(=O)C(NC(=O)CCn3nc(C(F)(F)F)c(Cl)c3C3CC3)C2SC1. The number of halogens is 4. The van der Waals surface area contributed by atoms with Crippen LogP contribution in [0.25, 0.3) is 0 Å². The summed E-state index contributed by atoms with van der Waals surface area (Å²) in [5.41, 5.74) is -0.972. The molecule has 3 heterocycles. The van der Waals surface area contributed by atoms with Gasteiger partial charge in [-0.2, -0.15) is 18.3 Å². The highest BCUT2D eigenvalue weighted by Crippen LogP contribution is 2.47. The number of nitrogens with zero attached hydrogens (tertiary/aromatic N) is 3. The summed E-state index contributed by atoms with van der Waals surface area (Å²) in [6.07, 6.45) is -3.62. The fourth-order valence-electron chi connectivity index (χ4n) is 3.99. The van der Waals surface area contributed by atoms with Gasteiger partial charge in [-0.15, -0.1) is 11.8 Å². The van der Waals surface area contributed by atoms with Crippen molar-refractivity contribution in [2.45, 2.75) is 56.2 Å². The van der Waals surface area contributed by atoms with E-state index < -0.39 is 52.1 Å². The number of rotatable bonds is 8. The number of carbonyl (C=O) groups excluding carboxylic acids is 3. The van der Waals surface area contributed by atoms with Crippen molar-refractivity contribution >= 4 is 47.1 Å². The van der Waals surface area contributed by atoms with E-state index in [1.807, 2.05) is 0 Å². The molecule has 190 valence electrons. The van der Waals surface area contributed by atoms with Gasteiger partial charge in [0.25, 0.3) is 5.91 Å². The number of fused-ring (bicyclic) bond motifs is 1. The van der Waals surface area contributed by atoms with Crippen LogP contribution in [0.3, 0.4) is 0 Å². The molecule has 2 unspecified atom stereocenters. The lowest BCUT2D eigenvalue weighted by atomic mass is 10.0. The second-order valence-electron chi connectivity index (χ2n) is 8.29. The first-order valence-corrected chi connectivity index (χ1v) is 12.0. The number of β-lactam (4-membered cyclic amide) rings is 1. The molecule has 1 aromatic heterocycles. The van der Waals surface area contributed by atoms with Crippen molar-refractivity contribution in [2.24, 2.45) is 0 Å². The Morgan fingerprint density at radius 2 is 2.00 bits per heavy atom. The number of aromatic nitrogens is 2.